The number of nitrogens with one attached hydrogen (secondary N) is 2. The SMILES string of the molecule is COc1cc(N)c(Cl)cc1C(=O)Nc1ccc(NCC2CCCO2)c(F)c1.Cl.Cl. The Balaban J connectivity index is 0.00000210. The molecule has 29 heavy (non-hydrogen) atoms. The van der Waals surface area contributed by atoms with Crippen molar-refractivity contribution in [2.75, 3.05) is 36.6 Å². The Bertz CT molecular complexity index is 849. The zero-order chi connectivity index (χ0) is 19.4. The maximum absolute atomic E-state index is 14.3. The summed E-state index contributed by atoms with van der Waals surface area (Å²) in [5.41, 5.74) is 6.90. The maximum Gasteiger partial charge on any atom is 0.259 e. The number of anilines is 3. The molecule has 10 heteroatoms. The molecule has 0 spiro atoms. The molecule has 2 aromatic rings. The first-order valence-corrected chi connectivity index (χ1v) is 8.95. The van der Waals surface area contributed by atoms with Gasteiger partial charge >= 0.3 is 0 Å². The van der Waals surface area contributed by atoms with Gasteiger partial charge in [0.15, 0.2) is 0 Å². The minimum atomic E-state index is -0.479. The standard InChI is InChI=1S/C19H21ClFN3O3.2ClH/c1-26-18-9-16(22)14(20)8-13(18)19(25)24-11-4-5-17(15(21)7-11)23-10-12-3-2-6-27-12;;/h4-5,7-9,12,23H,2-3,6,10,22H2,1H3,(H,24,25);2*1H. The Morgan fingerprint density at radius 1 is 1.34 bits per heavy atom. The number of methoxy groups -OCH3 is 1. The number of nitrogen functional groups attached to an aromatic ring is 1. The summed E-state index contributed by atoms with van der Waals surface area (Å²) >= 11 is 5.99. The van der Waals surface area contributed by atoms with Gasteiger partial charge in [0.1, 0.15) is 11.6 Å². The topological polar surface area (TPSA) is 85.6 Å². The van der Waals surface area contributed by atoms with Crippen molar-refractivity contribution in [1.29, 1.82) is 0 Å². The summed E-state index contributed by atoms with van der Waals surface area (Å²) in [5.74, 6) is -0.661. The van der Waals surface area contributed by atoms with Crippen molar-refractivity contribution >= 4 is 59.4 Å². The third-order valence-electron chi connectivity index (χ3n) is 4.33. The first-order valence-electron chi connectivity index (χ1n) is 8.57. The van der Waals surface area contributed by atoms with E-state index in [0.29, 0.717) is 23.6 Å². The molecule has 3 rings (SSSR count). The van der Waals surface area contributed by atoms with Crippen LogP contribution in [0.25, 0.3) is 0 Å². The maximum atomic E-state index is 14.3. The van der Waals surface area contributed by atoms with Crippen LogP contribution in [0.4, 0.5) is 21.5 Å². The van der Waals surface area contributed by atoms with Gasteiger partial charge in [-0.2, -0.15) is 0 Å². The number of benzene rings is 2. The molecule has 0 aromatic heterocycles. The van der Waals surface area contributed by atoms with Crippen molar-refractivity contribution in [3.8, 4) is 5.75 Å². The Labute approximate surface area is 186 Å². The Morgan fingerprint density at radius 2 is 2.10 bits per heavy atom. The minimum Gasteiger partial charge on any atom is -0.496 e. The first-order chi connectivity index (χ1) is 13.0. The van der Waals surface area contributed by atoms with E-state index >= 15 is 0 Å². The highest BCUT2D eigenvalue weighted by atomic mass is 35.5. The van der Waals surface area contributed by atoms with Gasteiger partial charge in [0, 0.05) is 24.9 Å². The van der Waals surface area contributed by atoms with E-state index in [9.17, 15) is 9.18 Å². The van der Waals surface area contributed by atoms with Gasteiger partial charge in [-0.25, -0.2) is 4.39 Å². The summed E-state index contributed by atoms with van der Waals surface area (Å²) in [6.45, 7) is 1.29. The number of rotatable bonds is 6. The predicted octanol–water partition coefficient (Wildman–Crippen LogP) is 4.76. The van der Waals surface area contributed by atoms with Gasteiger partial charge in [0.2, 0.25) is 0 Å². The van der Waals surface area contributed by atoms with Crippen LogP contribution in [-0.4, -0.2) is 32.3 Å². The summed E-state index contributed by atoms with van der Waals surface area (Å²) < 4.78 is 25.0. The van der Waals surface area contributed by atoms with Crippen molar-refractivity contribution in [1.82, 2.24) is 0 Å². The van der Waals surface area contributed by atoms with Crippen LogP contribution >= 0.6 is 36.4 Å². The Hall–Kier alpha value is -1.93. The van der Waals surface area contributed by atoms with Gasteiger partial charge in [-0.3, -0.25) is 4.79 Å². The van der Waals surface area contributed by atoms with Gasteiger partial charge in [0.25, 0.3) is 5.91 Å². The van der Waals surface area contributed by atoms with Crippen LogP contribution in [0.5, 0.6) is 5.75 Å². The Kier molecular flexibility index (Phi) is 9.79. The van der Waals surface area contributed by atoms with Gasteiger partial charge < -0.3 is 25.8 Å². The third-order valence-corrected chi connectivity index (χ3v) is 4.66. The van der Waals surface area contributed by atoms with Gasteiger partial charge in [-0.15, -0.1) is 24.8 Å². The molecule has 160 valence electrons. The smallest absolute Gasteiger partial charge is 0.259 e. The zero-order valence-electron chi connectivity index (χ0n) is 15.7. The normalized spacial score (nSPS) is 15.1. The molecular formula is C19H23Cl3FN3O3. The largest absolute Gasteiger partial charge is 0.496 e. The highest BCUT2D eigenvalue weighted by molar-refractivity contribution is 6.33. The number of amides is 1. The first kappa shape index (κ1) is 25.1. The second-order valence-corrected chi connectivity index (χ2v) is 6.65. The fourth-order valence-electron chi connectivity index (χ4n) is 2.88. The highest BCUT2D eigenvalue weighted by Crippen LogP contribution is 2.30. The fraction of sp³-hybridized carbons (Fsp3) is 0.316. The van der Waals surface area contributed by atoms with Gasteiger partial charge in [-0.1, -0.05) is 11.6 Å². The molecule has 2 aromatic carbocycles. The minimum absolute atomic E-state index is 0. The van der Waals surface area contributed by atoms with Crippen molar-refractivity contribution < 1.29 is 18.7 Å². The molecule has 1 aliphatic heterocycles. The molecule has 0 aliphatic carbocycles. The van der Waals surface area contributed by atoms with Crippen molar-refractivity contribution in [2.24, 2.45) is 0 Å². The van der Waals surface area contributed by atoms with Crippen LogP contribution in [0.1, 0.15) is 23.2 Å². The number of ether oxygens (including phenoxy) is 2. The molecule has 1 fully saturated rings. The summed E-state index contributed by atoms with van der Waals surface area (Å²) in [6.07, 6.45) is 2.10. The van der Waals surface area contributed by atoms with E-state index in [-0.39, 0.29) is 47.3 Å². The quantitative estimate of drug-likeness (QED) is 0.535. The van der Waals surface area contributed by atoms with Crippen LogP contribution in [0.3, 0.4) is 0 Å². The molecule has 0 bridgehead atoms. The third kappa shape index (κ3) is 6.27. The van der Waals surface area contributed by atoms with E-state index in [2.05, 4.69) is 10.6 Å². The number of hydrogen-bond donors (Lipinski definition) is 3. The monoisotopic (exact) mass is 465 g/mol. The second kappa shape index (κ2) is 11.3. The van der Waals surface area contributed by atoms with Crippen LogP contribution in [-0.2, 0) is 4.74 Å². The molecule has 0 radical (unpaired) electrons. The van der Waals surface area contributed by atoms with Crippen LogP contribution in [0.2, 0.25) is 5.02 Å². The second-order valence-electron chi connectivity index (χ2n) is 6.24. The van der Waals surface area contributed by atoms with E-state index in [1.54, 1.807) is 12.1 Å². The van der Waals surface area contributed by atoms with Crippen LogP contribution in [0, 0.1) is 5.82 Å². The molecule has 0 saturated carbocycles. The lowest BCUT2D eigenvalue weighted by Gasteiger charge is -2.14. The number of halogens is 4. The summed E-state index contributed by atoms with van der Waals surface area (Å²) in [4.78, 5) is 12.5. The number of nitrogens with two attached hydrogens (primary N) is 1. The van der Waals surface area contributed by atoms with Gasteiger partial charge in [-0.05, 0) is 37.1 Å². The lowest BCUT2D eigenvalue weighted by Crippen LogP contribution is -2.19. The van der Waals surface area contributed by atoms with Crippen molar-refractivity contribution in [2.45, 2.75) is 18.9 Å². The molecule has 4 N–H and O–H groups in total. The highest BCUT2D eigenvalue weighted by Gasteiger charge is 2.17. The van der Waals surface area contributed by atoms with Crippen molar-refractivity contribution in [3.05, 3.63) is 46.7 Å². The van der Waals surface area contributed by atoms with E-state index in [4.69, 9.17) is 26.8 Å². The van der Waals surface area contributed by atoms with Crippen LogP contribution < -0.4 is 21.1 Å². The number of hydrogen-bond acceptors (Lipinski definition) is 5. The average Bonchev–Trinajstić information content (AvgIpc) is 3.16. The fourth-order valence-corrected chi connectivity index (χ4v) is 3.04. The Morgan fingerprint density at radius 3 is 2.72 bits per heavy atom. The zero-order valence-corrected chi connectivity index (χ0v) is 18.1. The molecule has 1 aliphatic rings. The molecular weight excluding hydrogens is 444 g/mol. The molecule has 1 amide bonds. The van der Waals surface area contributed by atoms with Crippen LogP contribution in [0.15, 0.2) is 30.3 Å². The van der Waals surface area contributed by atoms with Crippen molar-refractivity contribution in [3.63, 3.8) is 0 Å². The lowest BCUT2D eigenvalue weighted by molar-refractivity contribution is 0.102. The molecule has 1 unspecified atom stereocenters. The summed E-state index contributed by atoms with van der Waals surface area (Å²) in [6, 6.07) is 7.33. The molecule has 1 atom stereocenters. The summed E-state index contributed by atoms with van der Waals surface area (Å²) in [7, 11) is 1.42. The van der Waals surface area contributed by atoms with E-state index < -0.39 is 11.7 Å². The molecule has 1 saturated heterocycles. The van der Waals surface area contributed by atoms with E-state index in [1.807, 2.05) is 0 Å². The molecule has 6 nitrogen and oxygen atoms in total. The van der Waals surface area contributed by atoms with E-state index in [0.717, 1.165) is 19.4 Å². The number of carbonyl (C=O) groups excluding carboxylic acids is 1. The van der Waals surface area contributed by atoms with Gasteiger partial charge in [0.05, 0.1) is 35.2 Å². The lowest BCUT2D eigenvalue weighted by atomic mass is 10.1. The molecule has 1 heterocycles. The summed E-state index contributed by atoms with van der Waals surface area (Å²) in [5, 5.41) is 5.91. The average molecular weight is 467 g/mol. The van der Waals surface area contributed by atoms with E-state index in [1.165, 1.54) is 25.3 Å². The number of carbonyl (C=O) groups is 1. The predicted molar refractivity (Wildman–Crippen MR) is 119 cm³/mol.